The molecule has 2 amide bonds. The fourth-order valence-electron chi connectivity index (χ4n) is 3.30. The number of anilines is 1. The molecule has 1 atom stereocenters. The lowest BCUT2D eigenvalue weighted by Gasteiger charge is -2.31. The lowest BCUT2D eigenvalue weighted by molar-refractivity contribution is -0.134. The van der Waals surface area contributed by atoms with Crippen LogP contribution in [0.4, 0.5) is 5.13 Å². The summed E-state index contributed by atoms with van der Waals surface area (Å²) < 4.78 is 5.47. The van der Waals surface area contributed by atoms with Crippen molar-refractivity contribution in [1.82, 2.24) is 25.2 Å². The van der Waals surface area contributed by atoms with E-state index in [1.54, 1.807) is 4.90 Å². The Bertz CT molecular complexity index is 960. The molecule has 3 heterocycles. The molecular formula is C19H20N6O3S. The van der Waals surface area contributed by atoms with Gasteiger partial charge in [0.15, 0.2) is 0 Å². The molecule has 10 heteroatoms. The SMILES string of the molecule is O=C(CCC(=O)N1CCCC(c2nc(-c3ccccc3)no2)C1)Nc1nncs1. The Balaban J connectivity index is 1.31. The molecule has 9 nitrogen and oxygen atoms in total. The zero-order valence-corrected chi connectivity index (χ0v) is 16.5. The van der Waals surface area contributed by atoms with Crippen molar-refractivity contribution >= 4 is 28.3 Å². The number of nitrogens with zero attached hydrogens (tertiary/aromatic N) is 5. The van der Waals surface area contributed by atoms with Gasteiger partial charge in [-0.25, -0.2) is 0 Å². The van der Waals surface area contributed by atoms with Gasteiger partial charge in [0.25, 0.3) is 0 Å². The monoisotopic (exact) mass is 412 g/mol. The minimum atomic E-state index is -0.243. The third-order valence-electron chi connectivity index (χ3n) is 4.77. The first-order chi connectivity index (χ1) is 14.2. The number of amides is 2. The number of rotatable bonds is 6. The summed E-state index contributed by atoms with van der Waals surface area (Å²) in [5.74, 6) is 0.818. The van der Waals surface area contributed by atoms with E-state index in [-0.39, 0.29) is 30.6 Å². The van der Waals surface area contributed by atoms with Crippen molar-refractivity contribution in [3.63, 3.8) is 0 Å². The average molecular weight is 412 g/mol. The molecule has 1 fully saturated rings. The standard InChI is InChI=1S/C19H20N6O3S/c26-15(21-19-23-20-12-29-19)8-9-16(27)25-10-4-7-14(11-25)18-22-17(24-28-18)13-5-2-1-3-6-13/h1-3,5-6,12,14H,4,7-11H2,(H,21,23,26). The molecule has 0 aliphatic carbocycles. The highest BCUT2D eigenvalue weighted by atomic mass is 32.1. The Morgan fingerprint density at radius 2 is 2.10 bits per heavy atom. The van der Waals surface area contributed by atoms with Crippen LogP contribution in [0.5, 0.6) is 0 Å². The van der Waals surface area contributed by atoms with Gasteiger partial charge in [0.1, 0.15) is 5.51 Å². The van der Waals surface area contributed by atoms with E-state index in [1.165, 1.54) is 16.8 Å². The average Bonchev–Trinajstić information content (AvgIpc) is 3.45. The number of nitrogens with one attached hydrogen (secondary N) is 1. The smallest absolute Gasteiger partial charge is 0.231 e. The van der Waals surface area contributed by atoms with Crippen molar-refractivity contribution in [2.75, 3.05) is 18.4 Å². The van der Waals surface area contributed by atoms with E-state index < -0.39 is 0 Å². The van der Waals surface area contributed by atoms with E-state index in [0.29, 0.717) is 29.9 Å². The molecule has 1 N–H and O–H groups in total. The molecule has 29 heavy (non-hydrogen) atoms. The van der Waals surface area contributed by atoms with Gasteiger partial charge in [-0.05, 0) is 12.8 Å². The summed E-state index contributed by atoms with van der Waals surface area (Å²) >= 11 is 1.24. The van der Waals surface area contributed by atoms with E-state index in [4.69, 9.17) is 4.52 Å². The van der Waals surface area contributed by atoms with E-state index >= 15 is 0 Å². The molecule has 0 radical (unpaired) electrons. The normalized spacial score (nSPS) is 16.6. The highest BCUT2D eigenvalue weighted by Gasteiger charge is 2.28. The summed E-state index contributed by atoms with van der Waals surface area (Å²) in [5, 5.41) is 14.6. The maximum Gasteiger partial charge on any atom is 0.231 e. The molecular weight excluding hydrogens is 392 g/mol. The maximum absolute atomic E-state index is 12.6. The van der Waals surface area contributed by atoms with Crippen molar-refractivity contribution in [3.8, 4) is 11.4 Å². The zero-order valence-electron chi connectivity index (χ0n) is 15.7. The number of likely N-dealkylation sites (tertiary alicyclic amines) is 1. The van der Waals surface area contributed by atoms with Crippen LogP contribution in [0.15, 0.2) is 40.4 Å². The second-order valence-electron chi connectivity index (χ2n) is 6.79. The molecule has 3 aromatic rings. The topological polar surface area (TPSA) is 114 Å². The third kappa shape index (κ3) is 4.83. The van der Waals surface area contributed by atoms with Crippen molar-refractivity contribution in [2.24, 2.45) is 0 Å². The second-order valence-corrected chi connectivity index (χ2v) is 7.63. The summed E-state index contributed by atoms with van der Waals surface area (Å²) in [4.78, 5) is 30.8. The number of carbonyl (C=O) groups excluding carboxylic acids is 2. The van der Waals surface area contributed by atoms with Gasteiger partial charge in [0, 0.05) is 31.5 Å². The van der Waals surface area contributed by atoms with Gasteiger partial charge in [-0.2, -0.15) is 4.98 Å². The summed E-state index contributed by atoms with van der Waals surface area (Å²) in [6, 6.07) is 9.64. The first-order valence-electron chi connectivity index (χ1n) is 9.42. The van der Waals surface area contributed by atoms with Crippen LogP contribution < -0.4 is 5.32 Å². The van der Waals surface area contributed by atoms with Gasteiger partial charge in [-0.3, -0.25) is 9.59 Å². The molecule has 0 saturated carbocycles. The number of hydrogen-bond acceptors (Lipinski definition) is 8. The van der Waals surface area contributed by atoms with Gasteiger partial charge in [-0.1, -0.05) is 46.8 Å². The van der Waals surface area contributed by atoms with Crippen molar-refractivity contribution in [1.29, 1.82) is 0 Å². The lowest BCUT2D eigenvalue weighted by Crippen LogP contribution is -2.39. The maximum atomic E-state index is 12.6. The van der Waals surface area contributed by atoms with Crippen LogP contribution in [0.25, 0.3) is 11.4 Å². The van der Waals surface area contributed by atoms with Crippen LogP contribution in [-0.4, -0.2) is 50.1 Å². The van der Waals surface area contributed by atoms with Gasteiger partial charge >= 0.3 is 0 Å². The van der Waals surface area contributed by atoms with Crippen LogP contribution in [0.1, 0.15) is 37.5 Å². The largest absolute Gasteiger partial charge is 0.342 e. The summed E-state index contributed by atoms with van der Waals surface area (Å²) in [6.45, 7) is 1.19. The Kier molecular flexibility index (Phi) is 5.89. The number of piperidine rings is 1. The molecule has 1 aliphatic heterocycles. The molecule has 1 aromatic carbocycles. The molecule has 2 aromatic heterocycles. The van der Waals surface area contributed by atoms with Crippen molar-refractivity contribution < 1.29 is 14.1 Å². The minimum Gasteiger partial charge on any atom is -0.342 e. The first-order valence-corrected chi connectivity index (χ1v) is 10.3. The predicted molar refractivity (Wildman–Crippen MR) is 106 cm³/mol. The quantitative estimate of drug-likeness (QED) is 0.662. The Morgan fingerprint density at radius 1 is 1.24 bits per heavy atom. The van der Waals surface area contributed by atoms with Crippen molar-refractivity contribution in [2.45, 2.75) is 31.6 Å². The summed E-state index contributed by atoms with van der Waals surface area (Å²) in [7, 11) is 0. The minimum absolute atomic E-state index is 0.00730. The van der Waals surface area contributed by atoms with Crippen LogP contribution in [0.2, 0.25) is 0 Å². The zero-order chi connectivity index (χ0) is 20.1. The highest BCUT2D eigenvalue weighted by molar-refractivity contribution is 7.13. The van der Waals surface area contributed by atoms with Crippen LogP contribution in [0, 0.1) is 0 Å². The summed E-state index contributed by atoms with van der Waals surface area (Å²) in [6.07, 6.45) is 2.00. The molecule has 1 aliphatic rings. The second kappa shape index (κ2) is 8.91. The number of aromatic nitrogens is 4. The number of carbonyl (C=O) groups is 2. The number of benzene rings is 1. The van der Waals surface area contributed by atoms with E-state index in [1.807, 2.05) is 30.3 Å². The Morgan fingerprint density at radius 3 is 2.90 bits per heavy atom. The fraction of sp³-hybridized carbons (Fsp3) is 0.368. The van der Waals surface area contributed by atoms with Crippen LogP contribution >= 0.6 is 11.3 Å². The molecule has 1 saturated heterocycles. The van der Waals surface area contributed by atoms with E-state index in [0.717, 1.165) is 18.4 Å². The molecule has 150 valence electrons. The number of hydrogen-bond donors (Lipinski definition) is 1. The van der Waals surface area contributed by atoms with Gasteiger partial charge in [0.05, 0.1) is 5.92 Å². The third-order valence-corrected chi connectivity index (χ3v) is 5.38. The first kappa shape index (κ1) is 19.2. The van der Waals surface area contributed by atoms with E-state index in [9.17, 15) is 9.59 Å². The highest BCUT2D eigenvalue weighted by Crippen LogP contribution is 2.28. The summed E-state index contributed by atoms with van der Waals surface area (Å²) in [5.41, 5.74) is 2.43. The van der Waals surface area contributed by atoms with E-state index in [2.05, 4.69) is 25.7 Å². The molecule has 0 spiro atoms. The van der Waals surface area contributed by atoms with Crippen LogP contribution in [-0.2, 0) is 9.59 Å². The fourth-order valence-corrected chi connectivity index (χ4v) is 3.76. The lowest BCUT2D eigenvalue weighted by atomic mass is 9.97. The molecule has 0 bridgehead atoms. The molecule has 1 unspecified atom stereocenters. The van der Waals surface area contributed by atoms with Crippen LogP contribution in [0.3, 0.4) is 0 Å². The Labute approximate surface area is 171 Å². The molecule has 4 rings (SSSR count). The van der Waals surface area contributed by atoms with Crippen molar-refractivity contribution in [3.05, 3.63) is 41.7 Å². The predicted octanol–water partition coefficient (Wildman–Crippen LogP) is 2.71. The van der Waals surface area contributed by atoms with Gasteiger partial charge in [-0.15, -0.1) is 10.2 Å². The van der Waals surface area contributed by atoms with Gasteiger partial charge in [0.2, 0.25) is 28.7 Å². The van der Waals surface area contributed by atoms with Gasteiger partial charge < -0.3 is 14.7 Å². The Hall–Kier alpha value is -3.14.